The van der Waals surface area contributed by atoms with E-state index in [1.807, 2.05) is 0 Å². The fourth-order valence-corrected chi connectivity index (χ4v) is 3.75. The predicted octanol–water partition coefficient (Wildman–Crippen LogP) is 1.75. The summed E-state index contributed by atoms with van der Waals surface area (Å²) in [7, 11) is -3.57. The van der Waals surface area contributed by atoms with E-state index in [4.69, 9.17) is 11.6 Å². The maximum atomic E-state index is 12.1. The second-order valence-electron chi connectivity index (χ2n) is 5.21. The van der Waals surface area contributed by atoms with Crippen LogP contribution in [0, 0.1) is 5.92 Å². The van der Waals surface area contributed by atoms with Gasteiger partial charge in [0.2, 0.25) is 10.0 Å². The number of hydrogen-bond donors (Lipinski definition) is 1. The van der Waals surface area contributed by atoms with Gasteiger partial charge in [-0.05, 0) is 44.0 Å². The van der Waals surface area contributed by atoms with Gasteiger partial charge in [-0.15, -0.1) is 0 Å². The molecule has 1 fully saturated rings. The lowest BCUT2D eigenvalue weighted by Gasteiger charge is -2.30. The molecule has 0 bridgehead atoms. The quantitative estimate of drug-likeness (QED) is 0.840. The second-order valence-corrected chi connectivity index (χ2v) is 7.31. The van der Waals surface area contributed by atoms with Crippen molar-refractivity contribution < 1.29 is 8.42 Å². The number of nitrogens with zero attached hydrogens (tertiary/aromatic N) is 2. The van der Waals surface area contributed by atoms with Crippen LogP contribution in [0.25, 0.3) is 0 Å². The minimum absolute atomic E-state index is 0.00629. The molecular weight excluding hydrogens is 298 g/mol. The van der Waals surface area contributed by atoms with Crippen molar-refractivity contribution >= 4 is 21.6 Å². The molecule has 1 N–H and O–H groups in total. The molecule has 2 rings (SSSR count). The Balaban J connectivity index is 1.86. The van der Waals surface area contributed by atoms with E-state index < -0.39 is 10.0 Å². The number of aromatic nitrogens is 1. The standard InChI is InChI=1S/C13H20ClN3O2S/c1-11-4-8-17(9-5-11)10-7-16-20(18,19)12-3-2-6-15-13(12)14/h2-3,6,11,16H,4-5,7-10H2,1H3. The van der Waals surface area contributed by atoms with Crippen LogP contribution >= 0.6 is 11.6 Å². The third-order valence-corrected chi connectivity index (χ3v) is 5.52. The number of sulfonamides is 1. The molecule has 1 saturated heterocycles. The van der Waals surface area contributed by atoms with E-state index in [1.54, 1.807) is 6.07 Å². The lowest BCUT2D eigenvalue weighted by Crippen LogP contribution is -2.39. The molecule has 0 atom stereocenters. The van der Waals surface area contributed by atoms with Crippen LogP contribution in [0.4, 0.5) is 0 Å². The number of pyridine rings is 1. The minimum Gasteiger partial charge on any atom is -0.302 e. The summed E-state index contributed by atoms with van der Waals surface area (Å²) in [5.41, 5.74) is 0. The maximum absolute atomic E-state index is 12.1. The van der Waals surface area contributed by atoms with E-state index in [9.17, 15) is 8.42 Å². The molecule has 112 valence electrons. The van der Waals surface area contributed by atoms with Gasteiger partial charge in [-0.1, -0.05) is 18.5 Å². The average molecular weight is 318 g/mol. The van der Waals surface area contributed by atoms with Crippen LogP contribution in [0.1, 0.15) is 19.8 Å². The smallest absolute Gasteiger partial charge is 0.243 e. The van der Waals surface area contributed by atoms with E-state index in [-0.39, 0.29) is 10.0 Å². The molecule has 2 heterocycles. The normalized spacial score (nSPS) is 18.3. The number of piperidine rings is 1. The molecule has 7 heteroatoms. The van der Waals surface area contributed by atoms with Gasteiger partial charge in [-0.2, -0.15) is 0 Å². The Morgan fingerprint density at radius 3 is 2.80 bits per heavy atom. The molecule has 0 aromatic carbocycles. The van der Waals surface area contributed by atoms with Crippen molar-refractivity contribution in [1.82, 2.24) is 14.6 Å². The summed E-state index contributed by atoms with van der Waals surface area (Å²) in [4.78, 5) is 6.11. The number of likely N-dealkylation sites (tertiary alicyclic amines) is 1. The summed E-state index contributed by atoms with van der Waals surface area (Å²) in [6.45, 7) is 5.45. The fourth-order valence-electron chi connectivity index (χ4n) is 2.27. The van der Waals surface area contributed by atoms with Crippen molar-refractivity contribution in [3.63, 3.8) is 0 Å². The average Bonchev–Trinajstić information content (AvgIpc) is 2.41. The van der Waals surface area contributed by atoms with E-state index in [0.29, 0.717) is 6.54 Å². The monoisotopic (exact) mass is 317 g/mol. The van der Waals surface area contributed by atoms with Gasteiger partial charge in [-0.3, -0.25) is 0 Å². The highest BCUT2D eigenvalue weighted by Crippen LogP contribution is 2.18. The van der Waals surface area contributed by atoms with E-state index >= 15 is 0 Å². The van der Waals surface area contributed by atoms with Crippen molar-refractivity contribution in [2.24, 2.45) is 5.92 Å². The van der Waals surface area contributed by atoms with Crippen LogP contribution in [0.3, 0.4) is 0 Å². The minimum atomic E-state index is -3.57. The van der Waals surface area contributed by atoms with Crippen LogP contribution < -0.4 is 4.72 Å². The zero-order valence-electron chi connectivity index (χ0n) is 11.5. The molecule has 0 amide bonds. The van der Waals surface area contributed by atoms with Gasteiger partial charge < -0.3 is 4.90 Å². The topological polar surface area (TPSA) is 62.3 Å². The Labute approximate surface area is 125 Å². The molecule has 0 unspecified atom stereocenters. The number of halogens is 1. The number of hydrogen-bond acceptors (Lipinski definition) is 4. The van der Waals surface area contributed by atoms with Gasteiger partial charge in [0.25, 0.3) is 0 Å². The third kappa shape index (κ3) is 4.15. The molecule has 5 nitrogen and oxygen atoms in total. The summed E-state index contributed by atoms with van der Waals surface area (Å²) >= 11 is 5.81. The highest BCUT2D eigenvalue weighted by molar-refractivity contribution is 7.89. The molecule has 1 aromatic rings. The summed E-state index contributed by atoms with van der Waals surface area (Å²) in [6, 6.07) is 3.02. The van der Waals surface area contributed by atoms with E-state index in [1.165, 1.54) is 25.1 Å². The second kappa shape index (κ2) is 6.85. The Hall–Kier alpha value is -0.690. The lowest BCUT2D eigenvalue weighted by atomic mass is 9.99. The van der Waals surface area contributed by atoms with E-state index in [2.05, 4.69) is 21.5 Å². The van der Waals surface area contributed by atoms with Crippen LogP contribution in [0.15, 0.2) is 23.2 Å². The first-order valence-electron chi connectivity index (χ1n) is 6.81. The molecule has 1 aliphatic rings. The van der Waals surface area contributed by atoms with Gasteiger partial charge in [0.15, 0.2) is 0 Å². The molecule has 0 aliphatic carbocycles. The largest absolute Gasteiger partial charge is 0.302 e. The van der Waals surface area contributed by atoms with Crippen molar-refractivity contribution in [1.29, 1.82) is 0 Å². The van der Waals surface area contributed by atoms with Crippen molar-refractivity contribution in [3.05, 3.63) is 23.5 Å². The van der Waals surface area contributed by atoms with E-state index in [0.717, 1.165) is 25.6 Å². The van der Waals surface area contributed by atoms with Crippen LogP contribution in [0.2, 0.25) is 5.15 Å². The SMILES string of the molecule is CC1CCN(CCNS(=O)(=O)c2cccnc2Cl)CC1. The Bertz CT molecular complexity index is 542. The van der Waals surface area contributed by atoms with Gasteiger partial charge in [0.1, 0.15) is 10.0 Å². The highest BCUT2D eigenvalue weighted by Gasteiger charge is 2.19. The van der Waals surface area contributed by atoms with Crippen LogP contribution in [-0.2, 0) is 10.0 Å². The Morgan fingerprint density at radius 1 is 1.45 bits per heavy atom. The maximum Gasteiger partial charge on any atom is 0.243 e. The molecule has 20 heavy (non-hydrogen) atoms. The van der Waals surface area contributed by atoms with Gasteiger partial charge in [0.05, 0.1) is 0 Å². The summed E-state index contributed by atoms with van der Waals surface area (Å²) in [6.07, 6.45) is 3.83. The summed E-state index contributed by atoms with van der Waals surface area (Å²) in [5, 5.41) is 0.00629. The lowest BCUT2D eigenvalue weighted by molar-refractivity contribution is 0.195. The number of rotatable bonds is 5. The summed E-state index contributed by atoms with van der Waals surface area (Å²) < 4.78 is 26.8. The predicted molar refractivity (Wildman–Crippen MR) is 79.3 cm³/mol. The third-order valence-electron chi connectivity index (χ3n) is 3.61. The fraction of sp³-hybridized carbons (Fsp3) is 0.615. The first kappa shape index (κ1) is 15.7. The molecule has 0 saturated carbocycles. The first-order valence-corrected chi connectivity index (χ1v) is 8.67. The van der Waals surface area contributed by atoms with Gasteiger partial charge in [-0.25, -0.2) is 18.1 Å². The molecular formula is C13H20ClN3O2S. The molecule has 0 radical (unpaired) electrons. The summed E-state index contributed by atoms with van der Waals surface area (Å²) in [5.74, 6) is 0.775. The van der Waals surface area contributed by atoms with Crippen molar-refractivity contribution in [2.75, 3.05) is 26.2 Å². The Morgan fingerprint density at radius 2 is 2.15 bits per heavy atom. The van der Waals surface area contributed by atoms with Crippen LogP contribution in [-0.4, -0.2) is 44.5 Å². The zero-order chi connectivity index (χ0) is 14.6. The highest BCUT2D eigenvalue weighted by atomic mass is 35.5. The van der Waals surface area contributed by atoms with Crippen molar-refractivity contribution in [2.45, 2.75) is 24.7 Å². The Kier molecular flexibility index (Phi) is 5.37. The zero-order valence-corrected chi connectivity index (χ0v) is 13.1. The van der Waals surface area contributed by atoms with Gasteiger partial charge >= 0.3 is 0 Å². The molecule has 1 aliphatic heterocycles. The first-order chi connectivity index (χ1) is 9.49. The van der Waals surface area contributed by atoms with Crippen LogP contribution in [0.5, 0.6) is 0 Å². The molecule has 1 aromatic heterocycles. The van der Waals surface area contributed by atoms with Gasteiger partial charge in [0, 0.05) is 19.3 Å². The number of nitrogens with one attached hydrogen (secondary N) is 1. The van der Waals surface area contributed by atoms with Crippen molar-refractivity contribution in [3.8, 4) is 0 Å². The molecule has 0 spiro atoms.